The minimum Gasteiger partial charge on any atom is -0.495 e. The molecule has 13 heavy (non-hydrogen) atoms. The van der Waals surface area contributed by atoms with Gasteiger partial charge in [-0.15, -0.1) is 0 Å². The number of hydrogen-bond acceptors (Lipinski definition) is 2. The molecule has 0 amide bonds. The second kappa shape index (κ2) is 3.49. The first-order valence-corrected chi connectivity index (χ1v) is 4.97. The van der Waals surface area contributed by atoms with Crippen LogP contribution in [0, 0.1) is 3.57 Å². The maximum Gasteiger partial charge on any atom is 0.137 e. The number of pyridine rings is 1. The molecule has 0 aliphatic heterocycles. The zero-order chi connectivity index (χ0) is 9.26. The second-order valence-electron chi connectivity index (χ2n) is 2.71. The minimum atomic E-state index is 0.800. The first-order chi connectivity index (χ1) is 6.29. The van der Waals surface area contributed by atoms with Crippen molar-refractivity contribution >= 4 is 33.5 Å². The Morgan fingerprint density at radius 3 is 2.92 bits per heavy atom. The van der Waals surface area contributed by atoms with Gasteiger partial charge in [-0.2, -0.15) is 0 Å². The third-order valence-corrected chi connectivity index (χ3v) is 2.52. The van der Waals surface area contributed by atoms with E-state index in [0.717, 1.165) is 16.7 Å². The highest BCUT2D eigenvalue weighted by molar-refractivity contribution is 14.1. The predicted molar refractivity (Wildman–Crippen MR) is 61.0 cm³/mol. The van der Waals surface area contributed by atoms with E-state index in [4.69, 9.17) is 4.74 Å². The Kier molecular flexibility index (Phi) is 2.35. The van der Waals surface area contributed by atoms with Crippen LogP contribution < -0.4 is 4.74 Å². The zero-order valence-electron chi connectivity index (χ0n) is 7.12. The Labute approximate surface area is 90.1 Å². The van der Waals surface area contributed by atoms with Crippen LogP contribution in [-0.2, 0) is 0 Å². The Hall–Kier alpha value is -0.840. The average molecular weight is 285 g/mol. The van der Waals surface area contributed by atoms with Crippen molar-refractivity contribution in [3.8, 4) is 5.75 Å². The number of ether oxygens (including phenoxy) is 1. The van der Waals surface area contributed by atoms with Gasteiger partial charge in [0.1, 0.15) is 5.75 Å². The van der Waals surface area contributed by atoms with Crippen LogP contribution in [0.3, 0.4) is 0 Å². The van der Waals surface area contributed by atoms with Crippen LogP contribution in [0.25, 0.3) is 10.9 Å². The summed E-state index contributed by atoms with van der Waals surface area (Å²) >= 11 is 2.28. The number of benzene rings is 1. The highest BCUT2D eigenvalue weighted by Crippen LogP contribution is 2.19. The monoisotopic (exact) mass is 285 g/mol. The van der Waals surface area contributed by atoms with Crippen molar-refractivity contribution in [3.05, 3.63) is 34.0 Å². The van der Waals surface area contributed by atoms with E-state index < -0.39 is 0 Å². The van der Waals surface area contributed by atoms with Crippen LogP contribution in [0.1, 0.15) is 0 Å². The van der Waals surface area contributed by atoms with E-state index in [1.54, 1.807) is 13.3 Å². The fourth-order valence-electron chi connectivity index (χ4n) is 1.19. The van der Waals surface area contributed by atoms with Crippen molar-refractivity contribution in [3.63, 3.8) is 0 Å². The molecular weight excluding hydrogens is 277 g/mol. The Morgan fingerprint density at radius 1 is 1.31 bits per heavy atom. The second-order valence-corrected chi connectivity index (χ2v) is 3.96. The fourth-order valence-corrected chi connectivity index (χ4v) is 1.71. The molecule has 3 heteroatoms. The number of aromatic nitrogens is 1. The molecule has 0 radical (unpaired) electrons. The van der Waals surface area contributed by atoms with Gasteiger partial charge in [-0.3, -0.25) is 4.98 Å². The summed E-state index contributed by atoms with van der Waals surface area (Å²) in [5, 5.41) is 1.12. The fraction of sp³-hybridized carbons (Fsp3) is 0.100. The molecule has 0 fully saturated rings. The Bertz CT molecular complexity index is 442. The highest BCUT2D eigenvalue weighted by atomic mass is 127. The minimum absolute atomic E-state index is 0.800. The molecular formula is C10H8INO. The van der Waals surface area contributed by atoms with Crippen LogP contribution in [0.15, 0.2) is 30.5 Å². The molecule has 2 aromatic rings. The standard InChI is InChI=1S/C10H8INO/c1-13-9-5-7-4-8(11)2-3-10(7)12-6-9/h2-6H,1H3. The normalized spacial score (nSPS) is 10.3. The average Bonchev–Trinajstić information content (AvgIpc) is 2.16. The first kappa shape index (κ1) is 8.74. The molecule has 0 saturated carbocycles. The van der Waals surface area contributed by atoms with Gasteiger partial charge >= 0.3 is 0 Å². The van der Waals surface area contributed by atoms with E-state index in [9.17, 15) is 0 Å². The van der Waals surface area contributed by atoms with Gasteiger partial charge in [0.25, 0.3) is 0 Å². The van der Waals surface area contributed by atoms with Gasteiger partial charge in [-0.1, -0.05) is 0 Å². The number of hydrogen-bond donors (Lipinski definition) is 0. The molecule has 1 aromatic carbocycles. The van der Waals surface area contributed by atoms with Crippen LogP contribution >= 0.6 is 22.6 Å². The van der Waals surface area contributed by atoms with E-state index in [2.05, 4.69) is 33.6 Å². The summed E-state index contributed by atoms with van der Waals surface area (Å²) in [4.78, 5) is 4.26. The van der Waals surface area contributed by atoms with Crippen molar-refractivity contribution in [1.29, 1.82) is 0 Å². The number of methoxy groups -OCH3 is 1. The Morgan fingerprint density at radius 2 is 2.15 bits per heavy atom. The molecule has 0 saturated heterocycles. The molecule has 0 N–H and O–H groups in total. The van der Waals surface area contributed by atoms with E-state index >= 15 is 0 Å². The summed E-state index contributed by atoms with van der Waals surface area (Å²) in [6.07, 6.45) is 1.73. The molecule has 2 nitrogen and oxygen atoms in total. The van der Waals surface area contributed by atoms with Crippen molar-refractivity contribution in [2.24, 2.45) is 0 Å². The lowest BCUT2D eigenvalue weighted by Crippen LogP contribution is -1.85. The van der Waals surface area contributed by atoms with Gasteiger partial charge in [0.15, 0.2) is 0 Å². The SMILES string of the molecule is COc1cnc2ccc(I)cc2c1. The molecule has 0 aliphatic rings. The van der Waals surface area contributed by atoms with Gasteiger partial charge in [0.2, 0.25) is 0 Å². The van der Waals surface area contributed by atoms with E-state index in [0.29, 0.717) is 0 Å². The van der Waals surface area contributed by atoms with Gasteiger partial charge in [0.05, 0.1) is 18.8 Å². The van der Waals surface area contributed by atoms with Gasteiger partial charge in [-0.25, -0.2) is 0 Å². The molecule has 0 unspecified atom stereocenters. The maximum atomic E-state index is 5.10. The summed E-state index contributed by atoms with van der Waals surface area (Å²) in [7, 11) is 1.65. The molecule has 66 valence electrons. The summed E-state index contributed by atoms with van der Waals surface area (Å²) < 4.78 is 6.31. The smallest absolute Gasteiger partial charge is 0.137 e. The summed E-state index contributed by atoms with van der Waals surface area (Å²) in [5.41, 5.74) is 1.00. The van der Waals surface area contributed by atoms with Crippen LogP contribution in [0.2, 0.25) is 0 Å². The molecule has 2 rings (SSSR count). The van der Waals surface area contributed by atoms with Crippen LogP contribution in [0.4, 0.5) is 0 Å². The van der Waals surface area contributed by atoms with Crippen LogP contribution in [0.5, 0.6) is 5.75 Å². The lowest BCUT2D eigenvalue weighted by molar-refractivity contribution is 0.414. The quantitative estimate of drug-likeness (QED) is 0.752. The first-order valence-electron chi connectivity index (χ1n) is 3.89. The summed E-state index contributed by atoms with van der Waals surface area (Å²) in [5.74, 6) is 0.800. The van der Waals surface area contributed by atoms with Crippen LogP contribution in [-0.4, -0.2) is 12.1 Å². The van der Waals surface area contributed by atoms with E-state index in [-0.39, 0.29) is 0 Å². The number of halogens is 1. The van der Waals surface area contributed by atoms with E-state index in [1.165, 1.54) is 3.57 Å². The number of fused-ring (bicyclic) bond motifs is 1. The van der Waals surface area contributed by atoms with Crippen molar-refractivity contribution in [1.82, 2.24) is 4.98 Å². The zero-order valence-corrected chi connectivity index (χ0v) is 9.28. The highest BCUT2D eigenvalue weighted by Gasteiger charge is 1.97. The largest absolute Gasteiger partial charge is 0.495 e. The Balaban J connectivity index is 2.68. The van der Waals surface area contributed by atoms with E-state index in [1.807, 2.05) is 18.2 Å². The molecule has 0 atom stereocenters. The maximum absolute atomic E-state index is 5.10. The summed E-state index contributed by atoms with van der Waals surface area (Å²) in [6, 6.07) is 8.13. The summed E-state index contributed by atoms with van der Waals surface area (Å²) in [6.45, 7) is 0. The van der Waals surface area contributed by atoms with Crippen molar-refractivity contribution in [2.45, 2.75) is 0 Å². The van der Waals surface area contributed by atoms with Gasteiger partial charge in [0, 0.05) is 8.96 Å². The molecule has 1 aromatic heterocycles. The molecule has 1 heterocycles. The van der Waals surface area contributed by atoms with Gasteiger partial charge < -0.3 is 4.74 Å². The number of nitrogens with zero attached hydrogens (tertiary/aromatic N) is 1. The third kappa shape index (κ3) is 1.75. The predicted octanol–water partition coefficient (Wildman–Crippen LogP) is 2.85. The lowest BCUT2D eigenvalue weighted by Gasteiger charge is -2.01. The third-order valence-electron chi connectivity index (χ3n) is 1.85. The molecule has 0 spiro atoms. The number of rotatable bonds is 1. The topological polar surface area (TPSA) is 22.1 Å². The molecule has 0 bridgehead atoms. The lowest BCUT2D eigenvalue weighted by atomic mass is 10.2. The van der Waals surface area contributed by atoms with Gasteiger partial charge in [-0.05, 0) is 46.9 Å². The molecule has 0 aliphatic carbocycles. The van der Waals surface area contributed by atoms with Crippen molar-refractivity contribution in [2.75, 3.05) is 7.11 Å². The van der Waals surface area contributed by atoms with Crippen molar-refractivity contribution < 1.29 is 4.74 Å².